The maximum Gasteiger partial charge on any atom is 0.220 e. The van der Waals surface area contributed by atoms with Gasteiger partial charge in [0.1, 0.15) is 0 Å². The minimum atomic E-state index is -0.115. The molecule has 0 radical (unpaired) electrons. The Morgan fingerprint density at radius 1 is 1.32 bits per heavy atom. The quantitative estimate of drug-likeness (QED) is 0.717. The summed E-state index contributed by atoms with van der Waals surface area (Å²) >= 11 is 2.08. The van der Waals surface area contributed by atoms with E-state index in [0.717, 1.165) is 45.1 Å². The molecule has 2 fully saturated rings. The van der Waals surface area contributed by atoms with Crippen LogP contribution in [0.1, 0.15) is 32.1 Å². The molecule has 0 saturated carbocycles. The van der Waals surface area contributed by atoms with Crippen LogP contribution in [-0.4, -0.2) is 54.5 Å². The van der Waals surface area contributed by atoms with Gasteiger partial charge < -0.3 is 16.0 Å². The van der Waals surface area contributed by atoms with Crippen LogP contribution in [0.5, 0.6) is 0 Å². The standard InChI is InChI=1S/C14H27N3OS/c15-14(18)12-4-8-17(9-5-12)7-2-6-16-13-3-1-10-19-11-13/h12-13,16H,1-11H2,(H2,15,18). The maximum absolute atomic E-state index is 11.1. The van der Waals surface area contributed by atoms with Crippen molar-refractivity contribution in [2.24, 2.45) is 11.7 Å². The van der Waals surface area contributed by atoms with Crippen molar-refractivity contribution >= 4 is 17.7 Å². The van der Waals surface area contributed by atoms with Crippen LogP contribution >= 0.6 is 11.8 Å². The fourth-order valence-electron chi connectivity index (χ4n) is 2.95. The Hall–Kier alpha value is -0.260. The average molecular weight is 285 g/mol. The van der Waals surface area contributed by atoms with Crippen molar-refractivity contribution in [3.05, 3.63) is 0 Å². The Balaban J connectivity index is 1.51. The largest absolute Gasteiger partial charge is 0.369 e. The lowest BCUT2D eigenvalue weighted by Crippen LogP contribution is -2.40. The molecule has 2 saturated heterocycles. The van der Waals surface area contributed by atoms with E-state index in [1.165, 1.54) is 30.8 Å². The third-order valence-electron chi connectivity index (χ3n) is 4.23. The molecule has 2 rings (SSSR count). The second-order valence-electron chi connectivity index (χ2n) is 5.74. The second kappa shape index (κ2) is 8.12. The lowest BCUT2D eigenvalue weighted by Gasteiger charge is -2.30. The van der Waals surface area contributed by atoms with Crippen LogP contribution < -0.4 is 11.1 Å². The van der Waals surface area contributed by atoms with Gasteiger partial charge in [-0.05, 0) is 64.0 Å². The summed E-state index contributed by atoms with van der Waals surface area (Å²) in [5, 5.41) is 3.67. The zero-order valence-corrected chi connectivity index (χ0v) is 12.6. The minimum absolute atomic E-state index is 0.115. The van der Waals surface area contributed by atoms with E-state index >= 15 is 0 Å². The molecule has 0 aromatic carbocycles. The van der Waals surface area contributed by atoms with Gasteiger partial charge in [-0.3, -0.25) is 4.79 Å². The first-order valence-corrected chi connectivity index (χ1v) is 8.74. The Labute approximate surface area is 120 Å². The molecule has 1 unspecified atom stereocenters. The van der Waals surface area contributed by atoms with Crippen LogP contribution in [0, 0.1) is 5.92 Å². The summed E-state index contributed by atoms with van der Waals surface area (Å²) in [6.07, 6.45) is 5.81. The predicted molar refractivity (Wildman–Crippen MR) is 81.3 cm³/mol. The van der Waals surface area contributed by atoms with E-state index in [-0.39, 0.29) is 11.8 Å². The molecule has 1 amide bonds. The number of rotatable bonds is 6. The molecule has 3 N–H and O–H groups in total. The third-order valence-corrected chi connectivity index (χ3v) is 5.45. The first-order chi connectivity index (χ1) is 9.25. The Morgan fingerprint density at radius 3 is 2.74 bits per heavy atom. The first kappa shape index (κ1) is 15.1. The molecular weight excluding hydrogens is 258 g/mol. The third kappa shape index (κ3) is 5.32. The molecule has 0 aromatic heterocycles. The first-order valence-electron chi connectivity index (χ1n) is 7.58. The number of hydrogen-bond donors (Lipinski definition) is 2. The number of carbonyl (C=O) groups excluding carboxylic acids is 1. The van der Waals surface area contributed by atoms with Gasteiger partial charge in [0.05, 0.1) is 0 Å². The Kier molecular flexibility index (Phi) is 6.47. The monoisotopic (exact) mass is 285 g/mol. The van der Waals surface area contributed by atoms with E-state index in [2.05, 4.69) is 22.0 Å². The Bertz CT molecular complexity index is 274. The molecule has 0 aliphatic carbocycles. The zero-order chi connectivity index (χ0) is 13.5. The average Bonchev–Trinajstić information content (AvgIpc) is 2.45. The van der Waals surface area contributed by atoms with Crippen LogP contribution in [0.4, 0.5) is 0 Å². The van der Waals surface area contributed by atoms with Crippen LogP contribution in [0.25, 0.3) is 0 Å². The topological polar surface area (TPSA) is 58.4 Å². The van der Waals surface area contributed by atoms with Gasteiger partial charge >= 0.3 is 0 Å². The number of hydrogen-bond acceptors (Lipinski definition) is 4. The van der Waals surface area contributed by atoms with E-state index in [0.29, 0.717) is 0 Å². The molecule has 19 heavy (non-hydrogen) atoms. The fraction of sp³-hybridized carbons (Fsp3) is 0.929. The van der Waals surface area contributed by atoms with Crippen molar-refractivity contribution < 1.29 is 4.79 Å². The summed E-state index contributed by atoms with van der Waals surface area (Å²) in [5.74, 6) is 2.63. The Morgan fingerprint density at radius 2 is 2.11 bits per heavy atom. The van der Waals surface area contributed by atoms with Crippen LogP contribution in [0.15, 0.2) is 0 Å². The molecule has 1 atom stereocenters. The van der Waals surface area contributed by atoms with Crippen molar-refractivity contribution in [2.45, 2.75) is 38.1 Å². The number of piperidine rings is 1. The summed E-state index contributed by atoms with van der Waals surface area (Å²) in [4.78, 5) is 13.6. The number of thioether (sulfide) groups is 1. The highest BCUT2D eigenvalue weighted by Crippen LogP contribution is 2.18. The summed E-state index contributed by atoms with van der Waals surface area (Å²) in [6.45, 7) is 4.35. The number of primary amides is 1. The highest BCUT2D eigenvalue weighted by Gasteiger charge is 2.22. The number of nitrogens with one attached hydrogen (secondary N) is 1. The molecule has 0 spiro atoms. The van der Waals surface area contributed by atoms with Crippen LogP contribution in [0.3, 0.4) is 0 Å². The molecule has 110 valence electrons. The maximum atomic E-state index is 11.1. The minimum Gasteiger partial charge on any atom is -0.369 e. The highest BCUT2D eigenvalue weighted by atomic mass is 32.2. The van der Waals surface area contributed by atoms with Gasteiger partial charge in [0.2, 0.25) is 5.91 Å². The highest BCUT2D eigenvalue weighted by molar-refractivity contribution is 7.99. The molecule has 5 heteroatoms. The number of likely N-dealkylation sites (tertiary alicyclic amines) is 1. The molecule has 0 aromatic rings. The van der Waals surface area contributed by atoms with Crippen molar-refractivity contribution in [2.75, 3.05) is 37.7 Å². The van der Waals surface area contributed by atoms with Gasteiger partial charge in [0, 0.05) is 17.7 Å². The van der Waals surface area contributed by atoms with E-state index in [4.69, 9.17) is 5.73 Å². The normalized spacial score (nSPS) is 26.4. The van der Waals surface area contributed by atoms with E-state index < -0.39 is 0 Å². The predicted octanol–water partition coefficient (Wildman–Crippen LogP) is 1.06. The summed E-state index contributed by atoms with van der Waals surface area (Å²) < 4.78 is 0. The van der Waals surface area contributed by atoms with Gasteiger partial charge in [0.25, 0.3) is 0 Å². The molecule has 0 bridgehead atoms. The van der Waals surface area contributed by atoms with Gasteiger partial charge in [-0.15, -0.1) is 0 Å². The summed E-state index contributed by atoms with van der Waals surface area (Å²) in [5.41, 5.74) is 5.35. The van der Waals surface area contributed by atoms with Crippen molar-refractivity contribution in [3.63, 3.8) is 0 Å². The molecular formula is C14H27N3OS. The van der Waals surface area contributed by atoms with E-state index in [1.807, 2.05) is 0 Å². The van der Waals surface area contributed by atoms with E-state index in [1.54, 1.807) is 0 Å². The summed E-state index contributed by atoms with van der Waals surface area (Å²) in [7, 11) is 0. The van der Waals surface area contributed by atoms with Gasteiger partial charge in [-0.1, -0.05) is 0 Å². The molecule has 2 aliphatic heterocycles. The number of amides is 1. The van der Waals surface area contributed by atoms with Gasteiger partial charge in [-0.2, -0.15) is 11.8 Å². The molecule has 4 nitrogen and oxygen atoms in total. The van der Waals surface area contributed by atoms with Crippen LogP contribution in [-0.2, 0) is 4.79 Å². The molecule has 2 heterocycles. The lowest BCUT2D eigenvalue weighted by molar-refractivity contribution is -0.123. The zero-order valence-electron chi connectivity index (χ0n) is 11.8. The smallest absolute Gasteiger partial charge is 0.220 e. The van der Waals surface area contributed by atoms with Crippen molar-refractivity contribution in [1.82, 2.24) is 10.2 Å². The summed E-state index contributed by atoms with van der Waals surface area (Å²) in [6, 6.07) is 0.736. The van der Waals surface area contributed by atoms with Gasteiger partial charge in [-0.25, -0.2) is 0 Å². The number of nitrogens with two attached hydrogens (primary N) is 1. The SMILES string of the molecule is NC(=O)C1CCN(CCCNC2CCCSC2)CC1. The number of carbonyl (C=O) groups is 1. The fourth-order valence-corrected chi connectivity index (χ4v) is 4.06. The lowest BCUT2D eigenvalue weighted by atomic mass is 9.96. The number of nitrogens with zero attached hydrogens (tertiary/aromatic N) is 1. The molecule has 2 aliphatic rings. The van der Waals surface area contributed by atoms with Crippen LogP contribution in [0.2, 0.25) is 0 Å². The van der Waals surface area contributed by atoms with E-state index in [9.17, 15) is 4.79 Å². The van der Waals surface area contributed by atoms with Crippen molar-refractivity contribution in [1.29, 1.82) is 0 Å². The van der Waals surface area contributed by atoms with Gasteiger partial charge in [0.15, 0.2) is 0 Å². The van der Waals surface area contributed by atoms with Crippen molar-refractivity contribution in [3.8, 4) is 0 Å². The second-order valence-corrected chi connectivity index (χ2v) is 6.89.